The number of carbonyl (C=O) groups is 2. The molecule has 3 fully saturated rings. The Bertz CT molecular complexity index is 732. The fourth-order valence-corrected chi connectivity index (χ4v) is 4.22. The second-order valence-electron chi connectivity index (χ2n) is 7.80. The topological polar surface area (TPSA) is 40.6 Å². The zero-order chi connectivity index (χ0) is 18.5. The van der Waals surface area contributed by atoms with Gasteiger partial charge in [-0.3, -0.25) is 9.59 Å². The van der Waals surface area contributed by atoms with Crippen LogP contribution in [0.15, 0.2) is 12.1 Å². The van der Waals surface area contributed by atoms with E-state index in [-0.39, 0.29) is 16.9 Å². The molecular formula is C19H21F3N2O2. The van der Waals surface area contributed by atoms with E-state index in [9.17, 15) is 22.8 Å². The lowest BCUT2D eigenvalue weighted by atomic mass is 9.72. The Labute approximate surface area is 149 Å². The van der Waals surface area contributed by atoms with Crippen LogP contribution >= 0.6 is 0 Å². The molecule has 1 aromatic carbocycles. The summed E-state index contributed by atoms with van der Waals surface area (Å²) >= 11 is 0. The number of rotatable bonds is 2. The summed E-state index contributed by atoms with van der Waals surface area (Å²) in [7, 11) is 0. The molecular weight excluding hydrogens is 345 g/mol. The van der Waals surface area contributed by atoms with Gasteiger partial charge in [-0.15, -0.1) is 0 Å². The van der Waals surface area contributed by atoms with Crippen LogP contribution in [0.3, 0.4) is 0 Å². The van der Waals surface area contributed by atoms with Gasteiger partial charge in [-0.05, 0) is 49.7 Å². The summed E-state index contributed by atoms with van der Waals surface area (Å²) in [6.45, 7) is 1.70. The fraction of sp³-hybridized carbons (Fsp3) is 0.579. The molecule has 2 amide bonds. The molecule has 0 aromatic heterocycles. The average Bonchev–Trinajstić information content (AvgIpc) is 3.47. The van der Waals surface area contributed by atoms with E-state index in [0.29, 0.717) is 25.6 Å². The van der Waals surface area contributed by atoms with Gasteiger partial charge in [0, 0.05) is 37.7 Å². The number of amides is 2. The first kappa shape index (κ1) is 17.4. The van der Waals surface area contributed by atoms with E-state index in [1.54, 1.807) is 4.90 Å². The number of nitrogens with zero attached hydrogens (tertiary/aromatic N) is 2. The van der Waals surface area contributed by atoms with Crippen molar-refractivity contribution in [1.29, 1.82) is 0 Å². The van der Waals surface area contributed by atoms with Crippen LogP contribution in [-0.2, 0) is 4.79 Å². The van der Waals surface area contributed by atoms with Crippen molar-refractivity contribution in [2.75, 3.05) is 19.6 Å². The van der Waals surface area contributed by atoms with Crippen LogP contribution in [0.5, 0.6) is 0 Å². The molecule has 7 heteroatoms. The van der Waals surface area contributed by atoms with E-state index in [1.165, 1.54) is 0 Å². The third kappa shape index (κ3) is 3.08. The van der Waals surface area contributed by atoms with Crippen LogP contribution in [0.1, 0.15) is 48.9 Å². The molecule has 4 rings (SSSR count). The lowest BCUT2D eigenvalue weighted by Crippen LogP contribution is -2.52. The van der Waals surface area contributed by atoms with Crippen LogP contribution in [0.4, 0.5) is 13.2 Å². The molecule has 0 bridgehead atoms. The van der Waals surface area contributed by atoms with Crippen molar-refractivity contribution in [1.82, 2.24) is 9.80 Å². The monoisotopic (exact) mass is 366 g/mol. The largest absolute Gasteiger partial charge is 0.339 e. The molecule has 3 aliphatic rings. The lowest BCUT2D eigenvalue weighted by Gasteiger charge is -2.47. The first-order valence-corrected chi connectivity index (χ1v) is 9.12. The van der Waals surface area contributed by atoms with E-state index in [4.69, 9.17) is 0 Å². The Morgan fingerprint density at radius 1 is 1.04 bits per heavy atom. The molecule has 26 heavy (non-hydrogen) atoms. The van der Waals surface area contributed by atoms with E-state index in [1.807, 2.05) is 4.90 Å². The van der Waals surface area contributed by atoms with Crippen LogP contribution in [0, 0.1) is 22.9 Å². The second kappa shape index (κ2) is 6.28. The van der Waals surface area contributed by atoms with Gasteiger partial charge in [-0.25, -0.2) is 13.2 Å². The molecule has 4 nitrogen and oxygen atoms in total. The van der Waals surface area contributed by atoms with Gasteiger partial charge in [0.05, 0.1) is 0 Å². The number of hydrogen-bond acceptors (Lipinski definition) is 2. The Morgan fingerprint density at radius 3 is 2.23 bits per heavy atom. The number of carbonyl (C=O) groups excluding carboxylic acids is 2. The molecule has 1 spiro atoms. The van der Waals surface area contributed by atoms with Gasteiger partial charge < -0.3 is 9.80 Å². The normalized spacial score (nSPS) is 22.8. The summed E-state index contributed by atoms with van der Waals surface area (Å²) in [5, 5.41) is 0. The minimum atomic E-state index is -1.56. The first-order valence-electron chi connectivity index (χ1n) is 9.12. The second-order valence-corrected chi connectivity index (χ2v) is 7.80. The number of halogens is 3. The zero-order valence-electron chi connectivity index (χ0n) is 14.4. The summed E-state index contributed by atoms with van der Waals surface area (Å²) in [4.78, 5) is 28.2. The molecule has 0 N–H and O–H groups in total. The fourth-order valence-electron chi connectivity index (χ4n) is 4.22. The Morgan fingerprint density at radius 2 is 1.65 bits per heavy atom. The zero-order valence-corrected chi connectivity index (χ0v) is 14.4. The molecule has 2 saturated heterocycles. The van der Waals surface area contributed by atoms with E-state index < -0.39 is 23.4 Å². The Hall–Kier alpha value is -2.05. The van der Waals surface area contributed by atoms with Crippen molar-refractivity contribution in [2.45, 2.75) is 44.6 Å². The van der Waals surface area contributed by atoms with Gasteiger partial charge in [0.2, 0.25) is 5.91 Å². The van der Waals surface area contributed by atoms with Crippen molar-refractivity contribution in [3.63, 3.8) is 0 Å². The van der Waals surface area contributed by atoms with Gasteiger partial charge in [-0.1, -0.05) is 0 Å². The summed E-state index contributed by atoms with van der Waals surface area (Å²) < 4.78 is 39.9. The highest BCUT2D eigenvalue weighted by molar-refractivity contribution is 5.94. The smallest absolute Gasteiger partial charge is 0.254 e. The lowest BCUT2D eigenvalue weighted by molar-refractivity contribution is -0.139. The van der Waals surface area contributed by atoms with Gasteiger partial charge in [0.15, 0.2) is 17.5 Å². The molecule has 0 radical (unpaired) electrons. The van der Waals surface area contributed by atoms with E-state index >= 15 is 0 Å². The van der Waals surface area contributed by atoms with Crippen LogP contribution in [0.2, 0.25) is 0 Å². The predicted molar refractivity (Wildman–Crippen MR) is 87.9 cm³/mol. The highest BCUT2D eigenvalue weighted by Crippen LogP contribution is 2.43. The maximum Gasteiger partial charge on any atom is 0.254 e. The molecule has 1 aliphatic carbocycles. The third-order valence-electron chi connectivity index (χ3n) is 6.03. The number of likely N-dealkylation sites (tertiary alicyclic amines) is 2. The van der Waals surface area contributed by atoms with Crippen molar-refractivity contribution >= 4 is 11.8 Å². The van der Waals surface area contributed by atoms with Crippen LogP contribution < -0.4 is 0 Å². The maximum absolute atomic E-state index is 13.4. The maximum atomic E-state index is 13.4. The number of piperidine rings is 2. The Balaban J connectivity index is 1.43. The molecule has 0 atom stereocenters. The van der Waals surface area contributed by atoms with Gasteiger partial charge in [0.1, 0.15) is 0 Å². The van der Waals surface area contributed by atoms with Crippen LogP contribution in [-0.4, -0.2) is 47.3 Å². The third-order valence-corrected chi connectivity index (χ3v) is 6.03. The molecule has 1 saturated carbocycles. The quantitative estimate of drug-likeness (QED) is 0.755. The minimum absolute atomic E-state index is 0.0343. The predicted octanol–water partition coefficient (Wildman–Crippen LogP) is 3.11. The van der Waals surface area contributed by atoms with Crippen molar-refractivity contribution in [3.8, 4) is 0 Å². The highest BCUT2D eigenvalue weighted by Gasteiger charge is 2.45. The van der Waals surface area contributed by atoms with E-state index in [2.05, 4.69) is 0 Å². The Kier molecular flexibility index (Phi) is 4.20. The van der Waals surface area contributed by atoms with Crippen LogP contribution in [0.25, 0.3) is 0 Å². The van der Waals surface area contributed by atoms with Crippen molar-refractivity contribution in [3.05, 3.63) is 35.1 Å². The van der Waals surface area contributed by atoms with Gasteiger partial charge in [0.25, 0.3) is 5.91 Å². The van der Waals surface area contributed by atoms with Gasteiger partial charge >= 0.3 is 0 Å². The summed E-state index contributed by atoms with van der Waals surface area (Å²) in [5.41, 5.74) is -0.136. The average molecular weight is 366 g/mol. The molecule has 2 aliphatic heterocycles. The summed E-state index contributed by atoms with van der Waals surface area (Å²) in [6, 6.07) is 1.89. The SMILES string of the molecule is O=C(c1cc(F)c(F)c(F)c1)N1CCC2(CCC(=O)N(C3CC3)C2)CC1. The number of hydrogen-bond donors (Lipinski definition) is 0. The highest BCUT2D eigenvalue weighted by atomic mass is 19.2. The van der Waals surface area contributed by atoms with Gasteiger partial charge in [-0.2, -0.15) is 0 Å². The molecule has 1 aromatic rings. The minimum Gasteiger partial charge on any atom is -0.339 e. The molecule has 2 heterocycles. The molecule has 140 valence electrons. The van der Waals surface area contributed by atoms with Crippen molar-refractivity contribution < 1.29 is 22.8 Å². The van der Waals surface area contributed by atoms with E-state index in [0.717, 1.165) is 50.8 Å². The first-order chi connectivity index (χ1) is 12.4. The molecule has 0 unspecified atom stereocenters. The number of benzene rings is 1. The summed E-state index contributed by atoms with van der Waals surface area (Å²) in [6.07, 6.45) is 5.07. The standard InChI is InChI=1S/C19H21F3N2O2/c20-14-9-12(10-15(21)17(14)22)18(26)23-7-5-19(6-8-23)4-3-16(25)24(11-19)13-1-2-13/h9-10,13H,1-8,11H2. The summed E-state index contributed by atoms with van der Waals surface area (Å²) in [5.74, 6) is -4.52. The van der Waals surface area contributed by atoms with Crippen molar-refractivity contribution in [2.24, 2.45) is 5.41 Å².